The van der Waals surface area contributed by atoms with Gasteiger partial charge >= 0.3 is 0 Å². The zero-order chi connectivity index (χ0) is 25.1. The summed E-state index contributed by atoms with van der Waals surface area (Å²) in [6.45, 7) is 4.93. The number of benzene rings is 3. The molecule has 1 saturated carbocycles. The predicted octanol–water partition coefficient (Wildman–Crippen LogP) is 9.39. The number of hydrogen-bond acceptors (Lipinski definition) is 2. The van der Waals surface area contributed by atoms with Crippen LogP contribution in [-0.2, 0) is 5.41 Å². The molecule has 35 heavy (non-hydrogen) atoms. The van der Waals surface area contributed by atoms with Crippen LogP contribution in [0.1, 0.15) is 76.3 Å². The lowest BCUT2D eigenvalue weighted by Crippen LogP contribution is -2.14. The first-order chi connectivity index (χ1) is 17.0. The van der Waals surface area contributed by atoms with Gasteiger partial charge in [-0.15, -0.1) is 0 Å². The fourth-order valence-electron chi connectivity index (χ4n) is 4.64. The largest absolute Gasteiger partial charge is 0.463 e. The number of halogens is 2. The van der Waals surface area contributed by atoms with Gasteiger partial charge in [0.15, 0.2) is 0 Å². The molecule has 0 aliphatic heterocycles. The van der Waals surface area contributed by atoms with Gasteiger partial charge in [0.2, 0.25) is 13.7 Å². The Morgan fingerprint density at radius 2 is 1.34 bits per heavy atom. The molecule has 0 heterocycles. The van der Waals surface area contributed by atoms with E-state index in [1.54, 1.807) is 12.1 Å². The van der Waals surface area contributed by atoms with Gasteiger partial charge in [0.1, 0.15) is 11.5 Å². The van der Waals surface area contributed by atoms with E-state index < -0.39 is 13.7 Å². The van der Waals surface area contributed by atoms with Gasteiger partial charge in [-0.25, -0.2) is 8.78 Å². The van der Waals surface area contributed by atoms with Crippen molar-refractivity contribution in [1.82, 2.24) is 0 Å². The minimum absolute atomic E-state index is 0.335. The Hall–Kier alpha value is -2.88. The molecular weight excluding hydrogens is 442 g/mol. The Balaban J connectivity index is 0.000000261. The lowest BCUT2D eigenvalue weighted by Gasteiger charge is -2.24. The van der Waals surface area contributed by atoms with Crippen molar-refractivity contribution in [2.45, 2.75) is 70.6 Å². The second kappa shape index (κ2) is 13.3. The van der Waals surface area contributed by atoms with Crippen LogP contribution in [0.25, 0.3) is 11.1 Å². The van der Waals surface area contributed by atoms with E-state index in [0.717, 1.165) is 11.1 Å². The molecule has 3 aromatic rings. The highest BCUT2D eigenvalue weighted by atomic mass is 19.1. The third-order valence-electron chi connectivity index (χ3n) is 7.08. The standard InChI is InChI=1S/C20H22F2O2.C11H16/c21-13-23-17-10-16(11-18(12-17)24-14-22)20-9-5-4-8-19(20)15-6-2-1-3-7-15;1-4-11(2,3)10-8-6-5-7-9-10/h4-5,8-12,15H,1-3,6-7,13-14H2;5-9H,4H2,1-3H3. The van der Waals surface area contributed by atoms with Crippen LogP contribution in [0.4, 0.5) is 8.78 Å². The first-order valence-corrected chi connectivity index (χ1v) is 12.7. The summed E-state index contributed by atoms with van der Waals surface area (Å²) in [6.07, 6.45) is 7.36. The van der Waals surface area contributed by atoms with Crippen LogP contribution in [0.2, 0.25) is 0 Å². The molecule has 0 amide bonds. The van der Waals surface area contributed by atoms with Gasteiger partial charge < -0.3 is 9.47 Å². The fraction of sp³-hybridized carbons (Fsp3) is 0.419. The molecule has 4 heteroatoms. The quantitative estimate of drug-likeness (QED) is 0.320. The number of hydrogen-bond donors (Lipinski definition) is 0. The van der Waals surface area contributed by atoms with Crippen molar-refractivity contribution in [3.63, 3.8) is 0 Å². The predicted molar refractivity (Wildman–Crippen MR) is 141 cm³/mol. The minimum Gasteiger partial charge on any atom is -0.463 e. The Morgan fingerprint density at radius 3 is 1.91 bits per heavy atom. The number of rotatable bonds is 8. The van der Waals surface area contributed by atoms with Crippen LogP contribution in [0, 0.1) is 0 Å². The van der Waals surface area contributed by atoms with Gasteiger partial charge in [0.05, 0.1) is 0 Å². The Bertz CT molecular complexity index is 1000. The van der Waals surface area contributed by atoms with E-state index in [2.05, 4.69) is 63.2 Å². The van der Waals surface area contributed by atoms with Crippen molar-refractivity contribution >= 4 is 0 Å². The maximum absolute atomic E-state index is 12.6. The van der Waals surface area contributed by atoms with Gasteiger partial charge in [-0.05, 0) is 65.0 Å². The highest BCUT2D eigenvalue weighted by Crippen LogP contribution is 2.40. The van der Waals surface area contributed by atoms with E-state index in [4.69, 9.17) is 9.47 Å². The molecule has 0 aromatic heterocycles. The molecular formula is C31H38F2O2. The van der Waals surface area contributed by atoms with Crippen molar-refractivity contribution in [2.75, 3.05) is 13.7 Å². The van der Waals surface area contributed by atoms with Gasteiger partial charge in [-0.2, -0.15) is 0 Å². The summed E-state index contributed by atoms with van der Waals surface area (Å²) in [5.74, 6) is 1.22. The van der Waals surface area contributed by atoms with Crippen LogP contribution in [0.5, 0.6) is 11.5 Å². The highest BCUT2D eigenvalue weighted by molar-refractivity contribution is 5.71. The van der Waals surface area contributed by atoms with Crippen molar-refractivity contribution in [2.24, 2.45) is 0 Å². The van der Waals surface area contributed by atoms with Crippen molar-refractivity contribution < 1.29 is 18.3 Å². The van der Waals surface area contributed by atoms with E-state index in [1.807, 2.05) is 12.1 Å². The highest BCUT2D eigenvalue weighted by Gasteiger charge is 2.19. The molecule has 0 unspecified atom stereocenters. The summed E-state index contributed by atoms with van der Waals surface area (Å²) >= 11 is 0. The second-order valence-electron chi connectivity index (χ2n) is 9.73. The molecule has 4 rings (SSSR count). The average Bonchev–Trinajstić information content (AvgIpc) is 2.90. The summed E-state index contributed by atoms with van der Waals surface area (Å²) in [6, 6.07) is 24.0. The summed E-state index contributed by atoms with van der Waals surface area (Å²) in [4.78, 5) is 0. The topological polar surface area (TPSA) is 18.5 Å². The van der Waals surface area contributed by atoms with E-state index in [0.29, 0.717) is 22.8 Å². The van der Waals surface area contributed by atoms with Gasteiger partial charge in [-0.1, -0.05) is 94.6 Å². The second-order valence-corrected chi connectivity index (χ2v) is 9.73. The van der Waals surface area contributed by atoms with Crippen molar-refractivity contribution in [1.29, 1.82) is 0 Å². The van der Waals surface area contributed by atoms with Crippen LogP contribution in [-0.4, -0.2) is 13.7 Å². The maximum atomic E-state index is 12.6. The Labute approximate surface area is 209 Å². The Morgan fingerprint density at radius 1 is 0.771 bits per heavy atom. The molecule has 0 spiro atoms. The zero-order valence-electron chi connectivity index (χ0n) is 21.2. The zero-order valence-corrected chi connectivity index (χ0v) is 21.2. The summed E-state index contributed by atoms with van der Waals surface area (Å²) < 4.78 is 35.1. The summed E-state index contributed by atoms with van der Waals surface area (Å²) in [5, 5.41) is 0. The molecule has 188 valence electrons. The average molecular weight is 481 g/mol. The number of alkyl halides is 2. The monoisotopic (exact) mass is 480 g/mol. The van der Waals surface area contributed by atoms with E-state index in [1.165, 1.54) is 55.7 Å². The molecule has 1 fully saturated rings. The molecule has 0 bridgehead atoms. The molecule has 2 nitrogen and oxygen atoms in total. The molecule has 0 radical (unpaired) electrons. The van der Waals surface area contributed by atoms with Crippen molar-refractivity contribution in [3.8, 4) is 22.6 Å². The Kier molecular flexibility index (Phi) is 10.1. The lowest BCUT2D eigenvalue weighted by atomic mass is 9.81. The molecule has 0 atom stereocenters. The van der Waals surface area contributed by atoms with Gasteiger partial charge in [0.25, 0.3) is 0 Å². The summed E-state index contributed by atoms with van der Waals surface area (Å²) in [5.41, 5.74) is 5.01. The first kappa shape index (κ1) is 26.7. The normalized spacial score (nSPS) is 14.1. The molecule has 0 N–H and O–H groups in total. The fourth-order valence-corrected chi connectivity index (χ4v) is 4.64. The van der Waals surface area contributed by atoms with Crippen LogP contribution < -0.4 is 9.47 Å². The van der Waals surface area contributed by atoms with Gasteiger partial charge in [0, 0.05) is 6.07 Å². The lowest BCUT2D eigenvalue weighted by molar-refractivity contribution is 0.182. The minimum atomic E-state index is -0.928. The maximum Gasteiger partial charge on any atom is 0.228 e. The van der Waals surface area contributed by atoms with Crippen LogP contribution in [0.15, 0.2) is 72.8 Å². The van der Waals surface area contributed by atoms with Crippen molar-refractivity contribution in [3.05, 3.63) is 83.9 Å². The van der Waals surface area contributed by atoms with Crippen LogP contribution in [0.3, 0.4) is 0 Å². The molecule has 1 aliphatic carbocycles. The third kappa shape index (κ3) is 7.55. The molecule has 0 saturated heterocycles. The number of ether oxygens (including phenoxy) is 2. The third-order valence-corrected chi connectivity index (χ3v) is 7.08. The SMILES string of the molecule is CCC(C)(C)c1ccccc1.FCOc1cc(OCF)cc(-c2ccccc2C2CCCCC2)c1. The smallest absolute Gasteiger partial charge is 0.228 e. The summed E-state index contributed by atoms with van der Waals surface area (Å²) in [7, 11) is 0. The molecule has 3 aromatic carbocycles. The first-order valence-electron chi connectivity index (χ1n) is 12.7. The van der Waals surface area contributed by atoms with Crippen LogP contribution >= 0.6 is 0 Å². The van der Waals surface area contributed by atoms with E-state index >= 15 is 0 Å². The van der Waals surface area contributed by atoms with E-state index in [-0.39, 0.29) is 0 Å². The molecule has 1 aliphatic rings. The van der Waals surface area contributed by atoms with E-state index in [9.17, 15) is 8.78 Å². The van der Waals surface area contributed by atoms with Gasteiger partial charge in [-0.3, -0.25) is 0 Å².